The number of rotatable bonds is 9. The molecule has 0 spiro atoms. The molecule has 6 rings (SSSR count). The Morgan fingerprint density at radius 3 is 2.34 bits per heavy atom. The maximum Gasteiger partial charge on any atom is 0.230 e. The van der Waals surface area contributed by atoms with Crippen molar-refractivity contribution < 1.29 is 4.79 Å². The number of carbonyl (C=O) groups is 1. The van der Waals surface area contributed by atoms with E-state index in [1.54, 1.807) is 11.3 Å². The summed E-state index contributed by atoms with van der Waals surface area (Å²) in [6, 6.07) is 31.8. The smallest absolute Gasteiger partial charge is 0.230 e. The van der Waals surface area contributed by atoms with Crippen LogP contribution in [0.5, 0.6) is 0 Å². The van der Waals surface area contributed by atoms with Gasteiger partial charge in [-0.3, -0.25) is 4.79 Å². The van der Waals surface area contributed by atoms with Crippen LogP contribution in [0.15, 0.2) is 96.2 Å². The lowest BCUT2D eigenvalue weighted by Crippen LogP contribution is -2.34. The first-order chi connectivity index (χ1) is 20.0. The summed E-state index contributed by atoms with van der Waals surface area (Å²) in [5.74, 6) is 0.733. The van der Waals surface area contributed by atoms with Crippen LogP contribution < -0.4 is 11.1 Å². The van der Waals surface area contributed by atoms with E-state index in [1.165, 1.54) is 38.9 Å². The molecule has 5 aromatic rings. The van der Waals surface area contributed by atoms with E-state index in [-0.39, 0.29) is 23.0 Å². The Morgan fingerprint density at radius 2 is 1.63 bits per heavy atom. The summed E-state index contributed by atoms with van der Waals surface area (Å²) < 4.78 is 0. The molecule has 0 saturated carbocycles. The van der Waals surface area contributed by atoms with Crippen LogP contribution >= 0.6 is 34.9 Å². The molecule has 1 amide bonds. The number of hydrogen-bond donors (Lipinski definition) is 2. The number of carbonyl (C=O) groups excluding carboxylic acids is 1. The van der Waals surface area contributed by atoms with Gasteiger partial charge in [0.15, 0.2) is 5.16 Å². The minimum atomic E-state index is -0.0189. The Kier molecular flexibility index (Phi) is 8.60. The zero-order valence-electron chi connectivity index (χ0n) is 22.8. The van der Waals surface area contributed by atoms with Crippen molar-refractivity contribution in [3.05, 3.63) is 118 Å². The second-order valence-electron chi connectivity index (χ2n) is 10.3. The molecule has 0 aliphatic carbocycles. The van der Waals surface area contributed by atoms with Gasteiger partial charge in [0, 0.05) is 16.2 Å². The number of nitrogen functional groups attached to an aromatic ring is 1. The lowest BCUT2D eigenvalue weighted by Gasteiger charge is -2.30. The maximum absolute atomic E-state index is 12.7. The van der Waals surface area contributed by atoms with Gasteiger partial charge < -0.3 is 11.1 Å². The quantitative estimate of drug-likeness (QED) is 0.135. The maximum atomic E-state index is 12.7. The van der Waals surface area contributed by atoms with Gasteiger partial charge >= 0.3 is 0 Å². The van der Waals surface area contributed by atoms with Gasteiger partial charge in [0.25, 0.3) is 0 Å². The van der Waals surface area contributed by atoms with Crippen molar-refractivity contribution in [1.82, 2.24) is 15.3 Å². The fraction of sp³-hybridized carbons (Fsp3) is 0.242. The van der Waals surface area contributed by atoms with Crippen molar-refractivity contribution in [1.29, 1.82) is 0 Å². The lowest BCUT2D eigenvalue weighted by atomic mass is 9.98. The molecule has 0 bridgehead atoms. The summed E-state index contributed by atoms with van der Waals surface area (Å²) in [5, 5.41) is 5.13. The van der Waals surface area contributed by atoms with Crippen LogP contribution in [0.1, 0.15) is 51.0 Å². The third-order valence-corrected chi connectivity index (χ3v) is 11.1. The van der Waals surface area contributed by atoms with Crippen molar-refractivity contribution in [2.45, 2.75) is 47.9 Å². The van der Waals surface area contributed by atoms with Gasteiger partial charge in [0.2, 0.25) is 5.91 Å². The van der Waals surface area contributed by atoms with Crippen LogP contribution in [0, 0.1) is 0 Å². The van der Waals surface area contributed by atoms with E-state index in [0.29, 0.717) is 16.2 Å². The minimum absolute atomic E-state index is 0.0189. The molecule has 0 radical (unpaired) electrons. The molecule has 5 nitrogen and oxygen atoms in total. The topological polar surface area (TPSA) is 80.9 Å². The second kappa shape index (κ2) is 12.7. The highest BCUT2D eigenvalue weighted by Gasteiger charge is 2.34. The fourth-order valence-electron chi connectivity index (χ4n) is 5.29. The zero-order chi connectivity index (χ0) is 28.2. The van der Waals surface area contributed by atoms with Crippen molar-refractivity contribution in [3.8, 4) is 0 Å². The van der Waals surface area contributed by atoms with Gasteiger partial charge in [0.05, 0.1) is 16.4 Å². The van der Waals surface area contributed by atoms with Gasteiger partial charge in [-0.2, -0.15) is 0 Å². The second-order valence-corrected chi connectivity index (χ2v) is 13.6. The number of thioether (sulfide) groups is 2. The van der Waals surface area contributed by atoms with Gasteiger partial charge in [-0.1, -0.05) is 103 Å². The highest BCUT2D eigenvalue weighted by molar-refractivity contribution is 8.00. The van der Waals surface area contributed by atoms with Crippen LogP contribution in [-0.4, -0.2) is 27.7 Å². The summed E-state index contributed by atoms with van der Waals surface area (Å²) in [6.45, 7) is 2.05. The number of anilines is 1. The van der Waals surface area contributed by atoms with E-state index < -0.39 is 0 Å². The number of nitrogens with zero attached hydrogens (tertiary/aromatic N) is 2. The predicted octanol–water partition coefficient (Wildman–Crippen LogP) is 7.62. The van der Waals surface area contributed by atoms with Gasteiger partial charge in [-0.05, 0) is 48.4 Å². The van der Waals surface area contributed by atoms with Gasteiger partial charge in [-0.25, -0.2) is 9.97 Å². The van der Waals surface area contributed by atoms with Crippen molar-refractivity contribution >= 4 is 56.8 Å². The van der Waals surface area contributed by atoms with Crippen LogP contribution in [0.25, 0.3) is 10.2 Å². The summed E-state index contributed by atoms with van der Waals surface area (Å²) in [5.41, 5.74) is 11.7. The number of hydrogen-bond acceptors (Lipinski definition) is 7. The zero-order valence-corrected chi connectivity index (χ0v) is 25.3. The van der Waals surface area contributed by atoms with E-state index in [1.807, 2.05) is 36.9 Å². The summed E-state index contributed by atoms with van der Waals surface area (Å²) in [7, 11) is 0. The van der Waals surface area contributed by atoms with E-state index in [9.17, 15) is 4.79 Å². The Hall–Kier alpha value is -3.33. The van der Waals surface area contributed by atoms with Gasteiger partial charge in [0.1, 0.15) is 10.6 Å². The first kappa shape index (κ1) is 27.8. The highest BCUT2D eigenvalue weighted by atomic mass is 32.2. The third-order valence-electron chi connectivity index (χ3n) is 7.34. The first-order valence-corrected chi connectivity index (χ1v) is 16.6. The number of fused-ring (bicyclic) bond motifs is 3. The van der Waals surface area contributed by atoms with Crippen LogP contribution in [0.4, 0.5) is 5.82 Å². The lowest BCUT2D eigenvalue weighted by molar-refractivity contribution is -0.119. The molecule has 3 aromatic carbocycles. The van der Waals surface area contributed by atoms with Gasteiger partial charge in [-0.15, -0.1) is 23.1 Å². The number of thiophene rings is 1. The van der Waals surface area contributed by atoms with E-state index in [4.69, 9.17) is 10.7 Å². The van der Waals surface area contributed by atoms with E-state index >= 15 is 0 Å². The molecule has 8 heteroatoms. The monoisotopic (exact) mass is 596 g/mol. The van der Waals surface area contributed by atoms with Crippen LogP contribution in [0.3, 0.4) is 0 Å². The fourth-order valence-corrected chi connectivity index (χ4v) is 9.03. The normalized spacial score (nSPS) is 17.2. The largest absolute Gasteiger partial charge is 0.383 e. The number of amides is 1. The number of aryl methyl sites for hydroxylation is 1. The van der Waals surface area contributed by atoms with Crippen LogP contribution in [0.2, 0.25) is 0 Å². The summed E-state index contributed by atoms with van der Waals surface area (Å²) in [6.07, 6.45) is 2.71. The molecular formula is C33H32N4OS3. The van der Waals surface area contributed by atoms with E-state index in [2.05, 4.69) is 83.1 Å². The SMILES string of the molecule is C[C@H](CCc1ccccc1)NC(=O)CSc1nc(N)c2c3c(sc2n1)[C@@H](c1ccccc1)S[C@@H](c1ccccc1)C3. The Balaban J connectivity index is 1.20. The summed E-state index contributed by atoms with van der Waals surface area (Å²) in [4.78, 5) is 24.4. The molecule has 0 saturated heterocycles. The molecule has 3 atom stereocenters. The summed E-state index contributed by atoms with van der Waals surface area (Å²) >= 11 is 5.04. The Bertz CT molecular complexity index is 1630. The third kappa shape index (κ3) is 6.45. The molecule has 1 aliphatic rings. The molecule has 2 aromatic heterocycles. The average molecular weight is 597 g/mol. The molecular weight excluding hydrogens is 565 g/mol. The van der Waals surface area contributed by atoms with Crippen molar-refractivity contribution in [2.24, 2.45) is 0 Å². The van der Waals surface area contributed by atoms with Crippen molar-refractivity contribution in [2.75, 3.05) is 11.5 Å². The number of nitrogens with two attached hydrogens (primary N) is 1. The average Bonchev–Trinajstić information content (AvgIpc) is 3.39. The predicted molar refractivity (Wildman–Crippen MR) is 174 cm³/mol. The molecule has 208 valence electrons. The van der Waals surface area contributed by atoms with Crippen molar-refractivity contribution in [3.63, 3.8) is 0 Å². The molecule has 3 heterocycles. The minimum Gasteiger partial charge on any atom is -0.383 e. The molecule has 3 N–H and O–H groups in total. The molecule has 0 unspecified atom stereocenters. The number of aromatic nitrogens is 2. The number of benzene rings is 3. The molecule has 1 aliphatic heterocycles. The molecule has 0 fully saturated rings. The highest BCUT2D eigenvalue weighted by Crippen LogP contribution is 2.55. The Morgan fingerprint density at radius 1 is 0.976 bits per heavy atom. The van der Waals surface area contributed by atoms with E-state index in [0.717, 1.165) is 29.5 Å². The standard InChI is InChI=1S/C33H32N4OS3/c1-21(17-18-22-11-5-2-6-12-22)35-27(38)20-39-33-36-31(34)28-25-19-26(23-13-7-3-8-14-23)40-29(24-15-9-4-10-16-24)30(25)41-32(28)37-33/h2-16,21,26,29H,17-20H2,1H3,(H,35,38)(H2,34,36,37)/t21-,26-,29-/m1/s1. The van der Waals surface area contributed by atoms with Crippen LogP contribution in [-0.2, 0) is 17.6 Å². The first-order valence-electron chi connectivity index (χ1n) is 13.9. The number of nitrogens with one attached hydrogen (secondary N) is 1. The molecule has 41 heavy (non-hydrogen) atoms. The Labute approximate surface area is 253 Å².